The number of aryl methyl sites for hydroxylation is 2. The van der Waals surface area contributed by atoms with Crippen molar-refractivity contribution in [1.29, 1.82) is 0 Å². The number of pyridine rings is 1. The molecule has 224 valence electrons. The highest BCUT2D eigenvalue weighted by Gasteiger charge is 2.21. The highest BCUT2D eigenvalue weighted by molar-refractivity contribution is 6.01. The first kappa shape index (κ1) is 28.6. The summed E-state index contributed by atoms with van der Waals surface area (Å²) in [5, 5.41) is 20.9. The van der Waals surface area contributed by atoms with E-state index in [1.54, 1.807) is 12.3 Å². The molecule has 0 fully saturated rings. The Hall–Kier alpha value is -5.56. The van der Waals surface area contributed by atoms with Crippen LogP contribution in [0.5, 0.6) is 5.88 Å². The zero-order valence-electron chi connectivity index (χ0n) is 24.7. The minimum atomic E-state index is -0.377. The molecule has 1 unspecified atom stereocenters. The summed E-state index contributed by atoms with van der Waals surface area (Å²) in [6.45, 7) is 5.93. The molecule has 6 N–H and O–H groups in total. The number of hydrogen-bond acceptors (Lipinski definition) is 10. The number of nitrogens with two attached hydrogens (primary N) is 1. The molecule has 5 heterocycles. The van der Waals surface area contributed by atoms with Gasteiger partial charge in [-0.25, -0.2) is 24.5 Å². The largest absolute Gasteiger partial charge is 0.480 e. The van der Waals surface area contributed by atoms with E-state index in [2.05, 4.69) is 30.6 Å². The van der Waals surface area contributed by atoms with Crippen molar-refractivity contribution in [1.82, 2.24) is 39.9 Å². The van der Waals surface area contributed by atoms with Gasteiger partial charge in [-0.1, -0.05) is 0 Å². The Morgan fingerprint density at radius 1 is 1.16 bits per heavy atom. The molecule has 0 saturated heterocycles. The molecule has 1 amide bonds. The highest BCUT2D eigenvalue weighted by Crippen LogP contribution is 2.35. The number of amides is 1. The lowest BCUT2D eigenvalue weighted by molar-refractivity contribution is 0.0944. The number of carbonyl (C=O) groups is 1. The number of benzene rings is 1. The van der Waals surface area contributed by atoms with E-state index in [0.29, 0.717) is 40.1 Å². The molecule has 5 aromatic heterocycles. The molecule has 0 saturated carbocycles. The average Bonchev–Trinajstić information content (AvgIpc) is 3.63. The van der Waals surface area contributed by atoms with Crippen LogP contribution in [0.4, 0.5) is 11.5 Å². The molecule has 0 radical (unpaired) electrons. The monoisotopic (exact) mass is 592 g/mol. The van der Waals surface area contributed by atoms with Crippen LogP contribution < -0.4 is 21.1 Å². The van der Waals surface area contributed by atoms with Crippen molar-refractivity contribution in [2.75, 3.05) is 31.3 Å². The number of carbonyl (C=O) groups excluding carboxylic acids is 1. The third-order valence-electron chi connectivity index (χ3n) is 7.33. The number of nitrogens with one attached hydrogen (secondary N) is 3. The summed E-state index contributed by atoms with van der Waals surface area (Å²) in [5.74, 6) is 1.20. The van der Waals surface area contributed by atoms with Gasteiger partial charge in [0.15, 0.2) is 5.82 Å². The summed E-state index contributed by atoms with van der Waals surface area (Å²) in [6, 6.07) is 9.02. The first-order valence-corrected chi connectivity index (χ1v) is 14.0. The van der Waals surface area contributed by atoms with Crippen molar-refractivity contribution < 1.29 is 14.6 Å². The molecule has 0 bridgehead atoms. The van der Waals surface area contributed by atoms with E-state index in [1.165, 1.54) is 13.4 Å². The van der Waals surface area contributed by atoms with Crippen molar-refractivity contribution in [3.05, 3.63) is 77.8 Å². The van der Waals surface area contributed by atoms with Gasteiger partial charge in [0, 0.05) is 47.4 Å². The fourth-order valence-corrected chi connectivity index (χ4v) is 5.26. The minimum absolute atomic E-state index is 0.136. The second kappa shape index (κ2) is 11.6. The number of nitrogen functional groups attached to an aromatic ring is 1. The van der Waals surface area contributed by atoms with E-state index in [-0.39, 0.29) is 25.1 Å². The molecular weight excluding hydrogens is 560 g/mol. The number of aliphatic hydroxyl groups excluding tert-OH is 1. The Morgan fingerprint density at radius 3 is 2.77 bits per heavy atom. The maximum absolute atomic E-state index is 12.8. The fraction of sp³-hybridized carbons (Fsp3) is 0.226. The number of hydrogen-bond donors (Lipinski definition) is 5. The molecular formula is C31H32N10O3. The summed E-state index contributed by atoms with van der Waals surface area (Å²) in [5.41, 5.74) is 13.5. The summed E-state index contributed by atoms with van der Waals surface area (Å²) in [6.07, 6.45) is 6.91. The SMILES string of the molecule is COc1ncc(-c2c[nH]c3ncnc(NC(C)c4nc(-c5cc(C)cc(C(=O)NCCO)c5)c5c(C)ccn5n4)c23)cc1N. The Morgan fingerprint density at radius 2 is 2.00 bits per heavy atom. The molecule has 13 nitrogen and oxygen atoms in total. The number of ether oxygens (including phenoxy) is 1. The highest BCUT2D eigenvalue weighted by atomic mass is 16.5. The number of H-pyrrole nitrogens is 1. The third-order valence-corrected chi connectivity index (χ3v) is 7.33. The average molecular weight is 593 g/mol. The number of anilines is 2. The van der Waals surface area contributed by atoms with Gasteiger partial charge in [-0.3, -0.25) is 4.79 Å². The summed E-state index contributed by atoms with van der Waals surface area (Å²) < 4.78 is 7.03. The van der Waals surface area contributed by atoms with E-state index in [1.807, 2.05) is 61.9 Å². The number of rotatable bonds is 9. The molecule has 44 heavy (non-hydrogen) atoms. The van der Waals surface area contributed by atoms with Gasteiger partial charge in [-0.05, 0) is 62.2 Å². The van der Waals surface area contributed by atoms with Crippen molar-refractivity contribution >= 4 is 34.0 Å². The van der Waals surface area contributed by atoms with Crippen LogP contribution in [-0.2, 0) is 0 Å². The van der Waals surface area contributed by atoms with Gasteiger partial charge in [-0.15, -0.1) is 0 Å². The number of fused-ring (bicyclic) bond motifs is 2. The predicted molar refractivity (Wildman–Crippen MR) is 167 cm³/mol. The Bertz CT molecular complexity index is 2020. The normalized spacial score (nSPS) is 12.0. The summed E-state index contributed by atoms with van der Waals surface area (Å²) >= 11 is 0. The van der Waals surface area contributed by atoms with E-state index < -0.39 is 0 Å². The second-order valence-electron chi connectivity index (χ2n) is 10.5. The Labute approximate surface area is 252 Å². The maximum Gasteiger partial charge on any atom is 0.251 e. The smallest absolute Gasteiger partial charge is 0.251 e. The van der Waals surface area contributed by atoms with Crippen LogP contribution in [0.1, 0.15) is 40.3 Å². The molecule has 0 aliphatic heterocycles. The third kappa shape index (κ3) is 5.24. The number of aromatic amines is 1. The standard InChI is InChI=1S/C31H32N10O3/c1-16-9-19(11-20(10-16)30(43)33-6-8-42)25-26-17(2)5-7-41(26)40-27(39-25)18(3)38-29-24-22(14-34-28(24)36-15-37-29)21-12-23(32)31(44-4)35-13-21/h5,7,9-15,18,42H,6,8,32H2,1-4H3,(H,33,43)(H2,34,36,37,38). The molecule has 1 atom stereocenters. The van der Waals surface area contributed by atoms with Gasteiger partial charge in [0.25, 0.3) is 5.91 Å². The molecule has 6 rings (SSSR count). The van der Waals surface area contributed by atoms with Crippen molar-refractivity contribution in [3.63, 3.8) is 0 Å². The van der Waals surface area contributed by atoms with E-state index in [9.17, 15) is 4.79 Å². The van der Waals surface area contributed by atoms with Crippen molar-refractivity contribution in [2.45, 2.75) is 26.8 Å². The quantitative estimate of drug-likeness (QED) is 0.165. The zero-order chi connectivity index (χ0) is 31.0. The van der Waals surface area contributed by atoms with Gasteiger partial charge in [0.1, 0.15) is 17.8 Å². The zero-order valence-corrected chi connectivity index (χ0v) is 24.7. The van der Waals surface area contributed by atoms with Gasteiger partial charge in [0.2, 0.25) is 5.88 Å². The first-order valence-electron chi connectivity index (χ1n) is 14.0. The van der Waals surface area contributed by atoms with Crippen LogP contribution in [0, 0.1) is 13.8 Å². The van der Waals surface area contributed by atoms with Crippen LogP contribution in [-0.4, -0.2) is 65.8 Å². The number of nitrogens with zero attached hydrogens (tertiary/aromatic N) is 6. The minimum Gasteiger partial charge on any atom is -0.480 e. The molecule has 0 aliphatic carbocycles. The van der Waals surface area contributed by atoms with E-state index in [4.69, 9.17) is 25.7 Å². The van der Waals surface area contributed by atoms with E-state index in [0.717, 1.165) is 38.7 Å². The van der Waals surface area contributed by atoms with Gasteiger partial charge in [0.05, 0.1) is 42.0 Å². The fourth-order valence-electron chi connectivity index (χ4n) is 5.26. The topological polar surface area (TPSA) is 181 Å². The number of aliphatic hydroxyl groups is 1. The Balaban J connectivity index is 1.41. The van der Waals surface area contributed by atoms with Gasteiger partial charge < -0.3 is 31.2 Å². The summed E-state index contributed by atoms with van der Waals surface area (Å²) in [7, 11) is 1.52. The maximum atomic E-state index is 12.8. The van der Waals surface area contributed by atoms with Crippen molar-refractivity contribution in [2.24, 2.45) is 0 Å². The molecule has 1 aromatic carbocycles. The number of aromatic nitrogens is 7. The molecule has 6 aromatic rings. The first-order chi connectivity index (χ1) is 21.3. The van der Waals surface area contributed by atoms with Crippen LogP contribution >= 0.6 is 0 Å². The lowest BCUT2D eigenvalue weighted by Crippen LogP contribution is -2.26. The summed E-state index contributed by atoms with van der Waals surface area (Å²) in [4.78, 5) is 34.3. The molecule has 13 heteroatoms. The number of methoxy groups -OCH3 is 1. The second-order valence-corrected chi connectivity index (χ2v) is 10.5. The molecule has 0 spiro atoms. The van der Waals surface area contributed by atoms with Crippen LogP contribution in [0.25, 0.3) is 38.9 Å². The lowest BCUT2D eigenvalue weighted by atomic mass is 10.0. The molecule has 0 aliphatic rings. The van der Waals surface area contributed by atoms with Gasteiger partial charge >= 0.3 is 0 Å². The van der Waals surface area contributed by atoms with Crippen LogP contribution in [0.2, 0.25) is 0 Å². The van der Waals surface area contributed by atoms with Gasteiger partial charge in [-0.2, -0.15) is 5.10 Å². The lowest BCUT2D eigenvalue weighted by Gasteiger charge is -2.17. The van der Waals surface area contributed by atoms with Crippen molar-refractivity contribution in [3.8, 4) is 28.3 Å². The van der Waals surface area contributed by atoms with Crippen LogP contribution in [0.15, 0.2) is 55.2 Å². The van der Waals surface area contributed by atoms with E-state index >= 15 is 0 Å². The predicted octanol–water partition coefficient (Wildman–Crippen LogP) is 3.83. The Kier molecular flexibility index (Phi) is 7.53. The van der Waals surface area contributed by atoms with Crippen LogP contribution in [0.3, 0.4) is 0 Å².